The number of esters is 1. The Labute approximate surface area is 86.2 Å². The van der Waals surface area contributed by atoms with Gasteiger partial charge in [-0.1, -0.05) is 29.0 Å². The van der Waals surface area contributed by atoms with Crippen molar-refractivity contribution in [3.63, 3.8) is 0 Å². The van der Waals surface area contributed by atoms with E-state index in [1.54, 1.807) is 0 Å². The van der Waals surface area contributed by atoms with Gasteiger partial charge < -0.3 is 4.74 Å². The maximum absolute atomic E-state index is 11.4. The van der Waals surface area contributed by atoms with Crippen molar-refractivity contribution in [3.05, 3.63) is 0 Å². The molecule has 3 rings (SSSR count). The molecule has 0 aliphatic heterocycles. The van der Waals surface area contributed by atoms with Crippen LogP contribution < -0.4 is 0 Å². The van der Waals surface area contributed by atoms with Crippen LogP contribution in [-0.4, -0.2) is 16.5 Å². The van der Waals surface area contributed by atoms with Crippen LogP contribution in [-0.2, 0) is 9.53 Å². The average Bonchev–Trinajstić information content (AvgIpc) is 2.01. The lowest BCUT2D eigenvalue weighted by Gasteiger charge is -2.55. The van der Waals surface area contributed by atoms with Crippen LogP contribution in [0.5, 0.6) is 0 Å². The third-order valence-electron chi connectivity index (χ3n) is 3.21. The summed E-state index contributed by atoms with van der Waals surface area (Å²) in [5, 5.41) is 0. The molecule has 0 aromatic heterocycles. The summed E-state index contributed by atoms with van der Waals surface area (Å²) in [5.74, 6) is 0.0227. The standard InChI is InChI=1S/C9H13IO2/c1-12-7(11)8-3-2-4-9(10,5-8)6-8/h2-6H2,1H3. The number of alkyl halides is 1. The van der Waals surface area contributed by atoms with Crippen molar-refractivity contribution >= 4 is 28.6 Å². The molecule has 3 fully saturated rings. The summed E-state index contributed by atoms with van der Waals surface area (Å²) in [6.45, 7) is 0. The first-order valence-electron chi connectivity index (χ1n) is 4.38. The van der Waals surface area contributed by atoms with Crippen molar-refractivity contribution < 1.29 is 9.53 Å². The highest BCUT2D eigenvalue weighted by atomic mass is 127. The van der Waals surface area contributed by atoms with Crippen molar-refractivity contribution in [3.8, 4) is 0 Å². The van der Waals surface area contributed by atoms with E-state index in [1.165, 1.54) is 20.0 Å². The molecular formula is C9H13IO2. The molecule has 0 aromatic rings. The topological polar surface area (TPSA) is 26.3 Å². The monoisotopic (exact) mass is 280 g/mol. The van der Waals surface area contributed by atoms with Crippen LogP contribution in [0.2, 0.25) is 0 Å². The molecule has 2 bridgehead atoms. The van der Waals surface area contributed by atoms with Gasteiger partial charge in [0.1, 0.15) is 0 Å². The van der Waals surface area contributed by atoms with Crippen molar-refractivity contribution in [2.45, 2.75) is 35.5 Å². The van der Waals surface area contributed by atoms with Gasteiger partial charge in [-0.25, -0.2) is 0 Å². The number of hydrogen-bond acceptors (Lipinski definition) is 2. The Bertz CT molecular complexity index is 219. The number of hydrogen-bond donors (Lipinski definition) is 0. The van der Waals surface area contributed by atoms with E-state index in [-0.39, 0.29) is 11.4 Å². The van der Waals surface area contributed by atoms with Gasteiger partial charge >= 0.3 is 5.97 Å². The third-order valence-corrected chi connectivity index (χ3v) is 4.51. The Kier molecular flexibility index (Phi) is 1.90. The van der Waals surface area contributed by atoms with Crippen LogP contribution in [0.1, 0.15) is 32.1 Å². The molecule has 68 valence electrons. The average molecular weight is 280 g/mol. The molecule has 0 heterocycles. The molecule has 0 saturated heterocycles. The highest BCUT2D eigenvalue weighted by Gasteiger charge is 2.60. The van der Waals surface area contributed by atoms with E-state index in [0.29, 0.717) is 3.42 Å². The number of carbonyl (C=O) groups is 1. The molecule has 12 heavy (non-hydrogen) atoms. The fourth-order valence-corrected chi connectivity index (χ4v) is 4.56. The van der Waals surface area contributed by atoms with Gasteiger partial charge in [-0.2, -0.15) is 0 Å². The minimum absolute atomic E-state index is 0.0227. The lowest BCUT2D eigenvalue weighted by Crippen LogP contribution is -2.56. The molecule has 0 atom stereocenters. The predicted molar refractivity (Wildman–Crippen MR) is 54.3 cm³/mol. The van der Waals surface area contributed by atoms with Crippen LogP contribution in [0, 0.1) is 5.41 Å². The fraction of sp³-hybridized carbons (Fsp3) is 0.889. The molecule has 0 amide bonds. The zero-order valence-electron chi connectivity index (χ0n) is 7.23. The highest BCUT2D eigenvalue weighted by molar-refractivity contribution is 14.1. The van der Waals surface area contributed by atoms with Crippen molar-refractivity contribution in [2.24, 2.45) is 5.41 Å². The Hall–Kier alpha value is 0.200. The Morgan fingerprint density at radius 3 is 2.58 bits per heavy atom. The largest absolute Gasteiger partial charge is 0.469 e. The summed E-state index contributed by atoms with van der Waals surface area (Å²) in [5.41, 5.74) is -0.0752. The second-order valence-corrected chi connectivity index (χ2v) is 6.42. The van der Waals surface area contributed by atoms with Gasteiger partial charge in [0.25, 0.3) is 0 Å². The highest BCUT2D eigenvalue weighted by Crippen LogP contribution is 2.63. The Balaban J connectivity index is 2.11. The molecule has 3 aliphatic rings. The van der Waals surface area contributed by atoms with Gasteiger partial charge in [0.05, 0.1) is 12.5 Å². The van der Waals surface area contributed by atoms with E-state index < -0.39 is 0 Å². The van der Waals surface area contributed by atoms with Gasteiger partial charge in [-0.3, -0.25) is 4.79 Å². The molecule has 3 heteroatoms. The van der Waals surface area contributed by atoms with E-state index in [0.717, 1.165) is 19.3 Å². The van der Waals surface area contributed by atoms with Gasteiger partial charge in [-0.05, 0) is 25.7 Å². The van der Waals surface area contributed by atoms with Crippen LogP contribution in [0.4, 0.5) is 0 Å². The first kappa shape index (κ1) is 8.78. The first-order valence-corrected chi connectivity index (χ1v) is 5.46. The number of halogens is 1. The van der Waals surface area contributed by atoms with Crippen molar-refractivity contribution in [2.75, 3.05) is 7.11 Å². The Morgan fingerprint density at radius 2 is 2.08 bits per heavy atom. The molecule has 0 N–H and O–H groups in total. The molecule has 0 radical (unpaired) electrons. The summed E-state index contributed by atoms with van der Waals surface area (Å²) in [4.78, 5) is 11.4. The fourth-order valence-electron chi connectivity index (χ4n) is 2.72. The van der Waals surface area contributed by atoms with Gasteiger partial charge in [0, 0.05) is 3.42 Å². The van der Waals surface area contributed by atoms with E-state index >= 15 is 0 Å². The predicted octanol–water partition coefficient (Wildman–Crippen LogP) is 2.30. The van der Waals surface area contributed by atoms with E-state index in [9.17, 15) is 4.79 Å². The summed E-state index contributed by atoms with van der Waals surface area (Å²) >= 11 is 2.51. The number of fused-ring (bicyclic) bond motifs is 2. The van der Waals surface area contributed by atoms with Crippen LogP contribution in [0.3, 0.4) is 0 Å². The number of methoxy groups -OCH3 is 1. The van der Waals surface area contributed by atoms with E-state index in [4.69, 9.17) is 4.74 Å². The van der Waals surface area contributed by atoms with Gasteiger partial charge in [0.2, 0.25) is 0 Å². The summed E-state index contributed by atoms with van der Waals surface area (Å²) < 4.78 is 5.27. The number of ether oxygens (including phenoxy) is 1. The van der Waals surface area contributed by atoms with E-state index in [2.05, 4.69) is 22.6 Å². The summed E-state index contributed by atoms with van der Waals surface area (Å²) in [6, 6.07) is 0. The Morgan fingerprint density at radius 1 is 1.42 bits per heavy atom. The second kappa shape index (κ2) is 2.59. The second-order valence-electron chi connectivity index (χ2n) is 4.13. The molecule has 3 aliphatic carbocycles. The normalized spacial score (nSPS) is 44.8. The van der Waals surface area contributed by atoms with Crippen molar-refractivity contribution in [1.29, 1.82) is 0 Å². The van der Waals surface area contributed by atoms with Crippen LogP contribution >= 0.6 is 22.6 Å². The molecule has 2 nitrogen and oxygen atoms in total. The quantitative estimate of drug-likeness (QED) is 0.418. The molecule has 0 unspecified atom stereocenters. The molecular weight excluding hydrogens is 267 g/mol. The molecule has 0 spiro atoms. The lowest BCUT2D eigenvalue weighted by molar-refractivity contribution is -0.164. The van der Waals surface area contributed by atoms with Crippen LogP contribution in [0.25, 0.3) is 0 Å². The summed E-state index contributed by atoms with van der Waals surface area (Å²) in [7, 11) is 1.50. The first-order chi connectivity index (χ1) is 5.60. The minimum atomic E-state index is -0.0752. The minimum Gasteiger partial charge on any atom is -0.469 e. The van der Waals surface area contributed by atoms with Crippen molar-refractivity contribution in [1.82, 2.24) is 0 Å². The maximum atomic E-state index is 11.4. The van der Waals surface area contributed by atoms with Gasteiger partial charge in [0.15, 0.2) is 0 Å². The van der Waals surface area contributed by atoms with Gasteiger partial charge in [-0.15, -0.1) is 0 Å². The smallest absolute Gasteiger partial charge is 0.311 e. The SMILES string of the molecule is COC(=O)C12CCCC(I)(C1)C2. The maximum Gasteiger partial charge on any atom is 0.311 e. The number of rotatable bonds is 1. The lowest BCUT2D eigenvalue weighted by atomic mass is 9.54. The zero-order valence-corrected chi connectivity index (χ0v) is 9.39. The van der Waals surface area contributed by atoms with E-state index in [1.807, 2.05) is 0 Å². The number of carbonyl (C=O) groups excluding carboxylic acids is 1. The summed E-state index contributed by atoms with van der Waals surface area (Å²) in [6.07, 6.45) is 5.62. The van der Waals surface area contributed by atoms with Crippen LogP contribution in [0.15, 0.2) is 0 Å². The third kappa shape index (κ3) is 1.09. The zero-order chi connectivity index (χ0) is 8.82. The molecule has 3 saturated carbocycles. The molecule has 0 aromatic carbocycles.